The van der Waals surface area contributed by atoms with Crippen LogP contribution in [0.3, 0.4) is 0 Å². The van der Waals surface area contributed by atoms with Gasteiger partial charge < -0.3 is 64.4 Å². The molecule has 10 N–H and O–H groups in total. The zero-order chi connectivity index (χ0) is 54.8. The van der Waals surface area contributed by atoms with Crippen LogP contribution in [-0.2, 0) is 70.0 Å². The van der Waals surface area contributed by atoms with E-state index in [-0.39, 0.29) is 25.9 Å². The topological polar surface area (TPSA) is 459 Å². The molecule has 0 aliphatic carbocycles. The first-order chi connectivity index (χ1) is 35.6. The first-order valence-corrected chi connectivity index (χ1v) is 25.6. The molecular weight excluding hydrogens is 1060 g/mol. The van der Waals surface area contributed by atoms with Gasteiger partial charge in [0.05, 0.1) is 39.6 Å². The molecule has 6 rings (SSSR count). The number of aromatic amines is 3. The number of carbonyl (C=O) groups excluding carboxylic acids is 3. The highest BCUT2D eigenvalue weighted by molar-refractivity contribution is 7.47. The molecule has 3 aliphatic rings. The summed E-state index contributed by atoms with van der Waals surface area (Å²) >= 11 is 0. The van der Waals surface area contributed by atoms with Crippen LogP contribution in [0.25, 0.3) is 0 Å². The van der Waals surface area contributed by atoms with E-state index in [0.717, 1.165) is 50.5 Å². The first-order valence-electron chi connectivity index (χ1n) is 22.6. The molecule has 3 saturated heterocycles. The van der Waals surface area contributed by atoms with Gasteiger partial charge >= 0.3 is 32.7 Å². The Hall–Kier alpha value is -5.65. The second-order valence-corrected chi connectivity index (χ2v) is 19.2. The summed E-state index contributed by atoms with van der Waals surface area (Å²) < 4.78 is 87.1. The summed E-state index contributed by atoms with van der Waals surface area (Å²) in [6.07, 6.45) is -18.2. The van der Waals surface area contributed by atoms with E-state index in [1.165, 1.54) is 21.1 Å². The zero-order valence-electron chi connectivity index (χ0n) is 39.9. The number of hydrogen-bond acceptors (Lipinski definition) is 23. The third-order valence-corrected chi connectivity index (χ3v) is 13.5. The Balaban J connectivity index is 1.28. The molecule has 5 unspecified atom stereocenters. The molecule has 0 saturated carbocycles. The molecule has 3 amide bonds. The van der Waals surface area contributed by atoms with Gasteiger partial charge in [-0.3, -0.25) is 75.5 Å². The predicted octanol–water partition coefficient (Wildman–Crippen LogP) is -5.75. The number of nitrogens with zero attached hydrogens (tertiary/aromatic N) is 3. The SMILES string of the molecule is CNC(=O)CCO[C@H]1C(O)[C@@H](COP(=O)(O)OC2[C@@H](COP(=O)(O)OC3[C@@H](CO)O[C@@H](n4ccc(=O)[nH]c4=O)[C@H]3OCCC(=O)NC)O[C@@H](n3ccc(=O)[nH]c3=O)[C@H]2OCCC(=O)NC)O[C@H]1n1ccc(=O)[nH]c1=O. The number of amides is 3. The minimum absolute atomic E-state index is 0.215. The maximum Gasteiger partial charge on any atom is 0.472 e. The van der Waals surface area contributed by atoms with Gasteiger partial charge in [0.2, 0.25) is 17.7 Å². The lowest BCUT2D eigenvalue weighted by Crippen LogP contribution is -2.41. The fourth-order valence-electron chi connectivity index (χ4n) is 7.84. The molecule has 0 spiro atoms. The van der Waals surface area contributed by atoms with Crippen molar-refractivity contribution >= 4 is 33.4 Å². The van der Waals surface area contributed by atoms with Crippen LogP contribution in [0.5, 0.6) is 0 Å². The molecule has 34 nitrogen and oxygen atoms in total. The fraction of sp³-hybridized carbons (Fsp3) is 0.615. The van der Waals surface area contributed by atoms with Gasteiger partial charge in [-0.25, -0.2) is 23.5 Å². The van der Waals surface area contributed by atoms with Crippen molar-refractivity contribution in [3.8, 4) is 0 Å². The zero-order valence-corrected chi connectivity index (χ0v) is 41.6. The molecule has 0 bridgehead atoms. The number of ether oxygens (including phenoxy) is 6. The van der Waals surface area contributed by atoms with Crippen molar-refractivity contribution in [2.75, 3.05) is 60.8 Å². The van der Waals surface area contributed by atoms with Crippen molar-refractivity contribution < 1.29 is 90.0 Å². The highest BCUT2D eigenvalue weighted by Crippen LogP contribution is 2.52. The molecule has 3 fully saturated rings. The van der Waals surface area contributed by atoms with Crippen LogP contribution >= 0.6 is 15.6 Å². The van der Waals surface area contributed by atoms with E-state index in [1.54, 1.807) is 0 Å². The second kappa shape index (κ2) is 25.9. The number of phosphoric acid groups is 2. The molecule has 0 aromatic carbocycles. The Bertz CT molecular complexity index is 2940. The molecule has 3 aromatic heterocycles. The Kier molecular flexibility index (Phi) is 20.3. The minimum atomic E-state index is -5.57. The van der Waals surface area contributed by atoms with Crippen molar-refractivity contribution in [2.24, 2.45) is 0 Å². The van der Waals surface area contributed by atoms with Gasteiger partial charge in [0.15, 0.2) is 18.7 Å². The van der Waals surface area contributed by atoms with E-state index in [4.69, 9.17) is 46.5 Å². The number of nitrogens with one attached hydrogen (secondary N) is 6. The van der Waals surface area contributed by atoms with Crippen LogP contribution in [0.1, 0.15) is 37.9 Å². The summed E-state index contributed by atoms with van der Waals surface area (Å²) in [6, 6.07) is 2.79. The van der Waals surface area contributed by atoms with E-state index < -0.39 is 174 Å². The molecular formula is C39H55N9O25P2. The summed E-state index contributed by atoms with van der Waals surface area (Å²) in [7, 11) is -7.10. The molecule has 416 valence electrons. The van der Waals surface area contributed by atoms with Crippen LogP contribution in [0.4, 0.5) is 0 Å². The quantitative estimate of drug-likeness (QED) is 0.0335. The summed E-state index contributed by atoms with van der Waals surface area (Å²) in [4.78, 5) is 139. The number of H-pyrrole nitrogens is 3. The number of rotatable bonds is 26. The van der Waals surface area contributed by atoms with E-state index >= 15 is 0 Å². The van der Waals surface area contributed by atoms with Gasteiger partial charge in [-0.1, -0.05) is 0 Å². The number of aliphatic hydroxyl groups is 2. The van der Waals surface area contributed by atoms with Crippen molar-refractivity contribution in [2.45, 2.75) is 92.9 Å². The van der Waals surface area contributed by atoms with E-state index in [9.17, 15) is 72.3 Å². The van der Waals surface area contributed by atoms with Crippen LogP contribution in [0.15, 0.2) is 65.6 Å². The largest absolute Gasteiger partial charge is 0.472 e. The summed E-state index contributed by atoms with van der Waals surface area (Å²) in [6.45, 7) is -4.36. The Morgan fingerprint density at radius 1 is 0.560 bits per heavy atom. The lowest BCUT2D eigenvalue weighted by atomic mass is 10.1. The first kappa shape index (κ1) is 58.6. The number of phosphoric ester groups is 2. The van der Waals surface area contributed by atoms with Gasteiger partial charge in [0, 0.05) is 77.2 Å². The third-order valence-electron chi connectivity index (χ3n) is 11.5. The summed E-state index contributed by atoms with van der Waals surface area (Å²) in [5.74, 6) is -1.52. The summed E-state index contributed by atoms with van der Waals surface area (Å²) in [5, 5.41) is 28.7. The average molecular weight is 1110 g/mol. The Morgan fingerprint density at radius 3 is 1.27 bits per heavy atom. The van der Waals surface area contributed by atoms with Crippen LogP contribution in [0.2, 0.25) is 0 Å². The van der Waals surface area contributed by atoms with Gasteiger partial charge in [-0.05, 0) is 0 Å². The van der Waals surface area contributed by atoms with Crippen molar-refractivity contribution in [1.82, 2.24) is 44.6 Å². The smallest absolute Gasteiger partial charge is 0.394 e. The minimum Gasteiger partial charge on any atom is -0.394 e. The van der Waals surface area contributed by atoms with Crippen molar-refractivity contribution in [3.05, 3.63) is 99.3 Å². The van der Waals surface area contributed by atoms with Crippen molar-refractivity contribution in [3.63, 3.8) is 0 Å². The maximum absolute atomic E-state index is 14.0. The van der Waals surface area contributed by atoms with Crippen LogP contribution in [-0.4, -0.2) is 182 Å². The Morgan fingerprint density at radius 2 is 0.893 bits per heavy atom. The maximum atomic E-state index is 14.0. The lowest BCUT2D eigenvalue weighted by Gasteiger charge is -2.28. The van der Waals surface area contributed by atoms with E-state index in [1.807, 2.05) is 15.0 Å². The molecule has 3 aromatic rings. The normalized spacial score (nSPS) is 28.1. The number of carbonyl (C=O) groups is 3. The van der Waals surface area contributed by atoms with Gasteiger partial charge in [0.25, 0.3) is 16.7 Å². The highest BCUT2D eigenvalue weighted by Gasteiger charge is 2.54. The number of hydrogen-bond donors (Lipinski definition) is 10. The lowest BCUT2D eigenvalue weighted by molar-refractivity contribution is -0.124. The van der Waals surface area contributed by atoms with Gasteiger partial charge in [-0.2, -0.15) is 0 Å². The standard InChI is InChI=1S/C39H55N9O25P2/c1-40-22(50)7-13-64-31-28(56)20(70-34(31)46-10-4-25(53)43-37(46)57)17-67-74(60,61)73-30-21(71-36(33(30)66-15-9-24(52)42-3)48-12-6-27(55)45-39(48)59)18-68-75(62,63)72-29-19(16-49)69-35(32(29)65-14-8-23(51)41-2)47-11-5-26(54)44-38(47)58/h4-6,10-12,19-21,28-36,49,56H,7-9,13-18H2,1-3H3,(H,40,50)(H,41,51)(H,42,52)(H,60,61)(H,62,63)(H,43,53,57)(H,44,54,58)(H,45,55,59)/t19-,20-,21-,28?,29?,30?,31+,32+,33+,34-,35-,36-/m1/s1. The average Bonchev–Trinajstić information content (AvgIpc) is 3.98. The third kappa shape index (κ3) is 15.1. The molecule has 14 atom stereocenters. The van der Waals surface area contributed by atoms with Crippen LogP contribution < -0.4 is 49.7 Å². The Labute approximate surface area is 420 Å². The molecule has 75 heavy (non-hydrogen) atoms. The van der Waals surface area contributed by atoms with Crippen molar-refractivity contribution in [1.29, 1.82) is 0 Å². The number of aliphatic hydroxyl groups excluding tert-OH is 2. The molecule has 36 heteroatoms. The highest BCUT2D eigenvalue weighted by atomic mass is 31.2. The molecule has 3 aliphatic heterocycles. The second-order valence-electron chi connectivity index (χ2n) is 16.4. The number of aromatic nitrogens is 6. The van der Waals surface area contributed by atoms with E-state index in [0.29, 0.717) is 0 Å². The van der Waals surface area contributed by atoms with Gasteiger partial charge in [-0.15, -0.1) is 0 Å². The fourth-order valence-corrected chi connectivity index (χ4v) is 9.76. The van der Waals surface area contributed by atoms with Crippen LogP contribution in [0, 0.1) is 0 Å². The predicted molar refractivity (Wildman–Crippen MR) is 245 cm³/mol. The molecule has 6 heterocycles. The summed E-state index contributed by atoms with van der Waals surface area (Å²) in [5.41, 5.74) is -5.62. The van der Waals surface area contributed by atoms with E-state index in [2.05, 4.69) is 16.0 Å². The van der Waals surface area contributed by atoms with Gasteiger partial charge in [0.1, 0.15) is 54.9 Å². The monoisotopic (exact) mass is 1110 g/mol. The molecule has 0 radical (unpaired) electrons.